The topological polar surface area (TPSA) is 84.5 Å². The molecule has 36 heavy (non-hydrogen) atoms. The molecule has 0 spiro atoms. The Morgan fingerprint density at radius 3 is 2.47 bits per heavy atom. The summed E-state index contributed by atoms with van der Waals surface area (Å²) < 4.78 is 30.7. The van der Waals surface area contributed by atoms with E-state index in [2.05, 4.69) is 15.6 Å². The van der Waals surface area contributed by atoms with E-state index in [1.165, 1.54) is 0 Å². The Hall–Kier alpha value is -3.78. The van der Waals surface area contributed by atoms with Crippen LogP contribution < -0.4 is 16.4 Å². The molecule has 1 fully saturated rings. The van der Waals surface area contributed by atoms with Crippen LogP contribution in [0.25, 0.3) is 16.9 Å². The maximum Gasteiger partial charge on any atom is 0.251 e. The number of hydrogen-bond acceptors (Lipinski definition) is 4. The van der Waals surface area contributed by atoms with E-state index in [0.717, 1.165) is 60.7 Å². The van der Waals surface area contributed by atoms with Crippen LogP contribution in [0.3, 0.4) is 0 Å². The number of rotatable bonds is 5. The van der Waals surface area contributed by atoms with Gasteiger partial charge in [0.25, 0.3) is 5.91 Å². The summed E-state index contributed by atoms with van der Waals surface area (Å²) in [7, 11) is 0. The number of aryl methyl sites for hydroxylation is 2. The predicted molar refractivity (Wildman–Crippen MR) is 137 cm³/mol. The van der Waals surface area contributed by atoms with E-state index in [0.29, 0.717) is 17.0 Å². The molecule has 0 atom stereocenters. The highest BCUT2D eigenvalue weighted by Gasteiger charge is 2.23. The van der Waals surface area contributed by atoms with E-state index >= 15 is 0 Å². The van der Waals surface area contributed by atoms with Gasteiger partial charge in [-0.3, -0.25) is 9.20 Å². The van der Waals surface area contributed by atoms with E-state index < -0.39 is 11.6 Å². The van der Waals surface area contributed by atoms with Gasteiger partial charge in [-0.05, 0) is 81.0 Å². The molecule has 2 heterocycles. The molecule has 6 nitrogen and oxygen atoms in total. The summed E-state index contributed by atoms with van der Waals surface area (Å²) >= 11 is 0. The van der Waals surface area contributed by atoms with Crippen molar-refractivity contribution in [1.82, 2.24) is 14.7 Å². The van der Waals surface area contributed by atoms with E-state index in [1.807, 2.05) is 32.0 Å². The summed E-state index contributed by atoms with van der Waals surface area (Å²) in [6, 6.07) is 12.9. The van der Waals surface area contributed by atoms with Gasteiger partial charge in [0, 0.05) is 35.1 Å². The van der Waals surface area contributed by atoms with Crippen molar-refractivity contribution < 1.29 is 13.6 Å². The van der Waals surface area contributed by atoms with Crippen LogP contribution in [0.2, 0.25) is 0 Å². The summed E-state index contributed by atoms with van der Waals surface area (Å²) in [5.41, 5.74) is 10.0. The van der Waals surface area contributed by atoms with Gasteiger partial charge in [0.2, 0.25) is 0 Å². The highest BCUT2D eigenvalue weighted by molar-refractivity contribution is 5.95. The molecule has 1 aliphatic carbocycles. The van der Waals surface area contributed by atoms with Crippen LogP contribution in [0.15, 0.2) is 54.7 Å². The summed E-state index contributed by atoms with van der Waals surface area (Å²) in [5, 5.41) is 6.48. The summed E-state index contributed by atoms with van der Waals surface area (Å²) in [6.45, 7) is 3.95. The Bertz CT molecular complexity index is 1420. The van der Waals surface area contributed by atoms with E-state index in [9.17, 15) is 13.6 Å². The molecule has 0 unspecified atom stereocenters. The average Bonchev–Trinajstić information content (AvgIpc) is 3.21. The second kappa shape index (κ2) is 9.70. The first-order valence-corrected chi connectivity index (χ1v) is 12.2. The lowest BCUT2D eigenvalue weighted by Gasteiger charge is -2.26. The molecule has 0 saturated heterocycles. The van der Waals surface area contributed by atoms with Crippen LogP contribution in [0.5, 0.6) is 0 Å². The summed E-state index contributed by atoms with van der Waals surface area (Å²) in [5.74, 6) is -0.851. The van der Waals surface area contributed by atoms with Gasteiger partial charge in [-0.2, -0.15) is 0 Å². The lowest BCUT2D eigenvalue weighted by Crippen LogP contribution is -2.40. The Balaban J connectivity index is 1.57. The van der Waals surface area contributed by atoms with Crippen LogP contribution in [-0.2, 0) is 0 Å². The number of para-hydroxylation sites is 1. The quantitative estimate of drug-likeness (QED) is 0.339. The molecule has 2 aromatic carbocycles. The number of hydrogen-bond donors (Lipinski definition) is 3. The van der Waals surface area contributed by atoms with Gasteiger partial charge in [-0.15, -0.1) is 0 Å². The molecular formula is C28H29F2N5O. The van der Waals surface area contributed by atoms with Crippen molar-refractivity contribution in [2.75, 3.05) is 5.32 Å². The average molecular weight is 490 g/mol. The zero-order valence-corrected chi connectivity index (χ0v) is 20.3. The molecule has 2 aromatic heterocycles. The number of halogens is 2. The molecule has 186 valence electrons. The van der Waals surface area contributed by atoms with Gasteiger partial charge in [-0.25, -0.2) is 13.8 Å². The highest BCUT2D eigenvalue weighted by atomic mass is 19.1. The maximum atomic E-state index is 14.8. The minimum atomic E-state index is -0.585. The molecule has 0 aliphatic heterocycles. The molecular weight excluding hydrogens is 460 g/mol. The normalized spacial score (nSPS) is 17.8. The first-order valence-electron chi connectivity index (χ1n) is 12.2. The number of nitrogens with two attached hydrogens (primary N) is 1. The first kappa shape index (κ1) is 23.9. The van der Waals surface area contributed by atoms with E-state index in [-0.39, 0.29) is 29.2 Å². The van der Waals surface area contributed by atoms with Crippen molar-refractivity contribution in [2.45, 2.75) is 51.6 Å². The molecule has 0 radical (unpaired) electrons. The van der Waals surface area contributed by atoms with Crippen LogP contribution in [0, 0.1) is 25.5 Å². The van der Waals surface area contributed by atoms with Crippen molar-refractivity contribution in [3.8, 4) is 11.3 Å². The van der Waals surface area contributed by atoms with Gasteiger partial charge in [0.05, 0.1) is 0 Å². The number of nitrogens with zero attached hydrogens (tertiary/aromatic N) is 2. The molecule has 0 bridgehead atoms. The maximum absolute atomic E-state index is 14.8. The lowest BCUT2D eigenvalue weighted by atomic mass is 9.91. The number of carbonyl (C=O) groups is 1. The lowest BCUT2D eigenvalue weighted by molar-refractivity contribution is 0.0926. The standard InChI is InChI=1S/C28H29F2N5O/c1-16-4-3-5-17(2)25(16)34-27-26(22-15-19(29)6-11-23(22)30)33-24-14-18(12-13-35(24)27)28(36)32-21-9-7-20(31)8-10-21/h3-6,11-15,20-21,34H,7-10,31H2,1-2H3,(H,32,36). The second-order valence-electron chi connectivity index (χ2n) is 9.55. The van der Waals surface area contributed by atoms with E-state index in [4.69, 9.17) is 5.73 Å². The summed E-state index contributed by atoms with van der Waals surface area (Å²) in [4.78, 5) is 17.6. The minimum absolute atomic E-state index is 0.0389. The molecule has 4 aromatic rings. The predicted octanol–water partition coefficient (Wildman–Crippen LogP) is 5.64. The number of fused-ring (bicyclic) bond motifs is 1. The third-order valence-electron chi connectivity index (χ3n) is 6.90. The Morgan fingerprint density at radius 1 is 1.03 bits per heavy atom. The van der Waals surface area contributed by atoms with Crippen molar-refractivity contribution in [3.63, 3.8) is 0 Å². The Kier molecular flexibility index (Phi) is 6.45. The van der Waals surface area contributed by atoms with Crippen molar-refractivity contribution in [1.29, 1.82) is 0 Å². The SMILES string of the molecule is Cc1cccc(C)c1Nc1c(-c2cc(F)ccc2F)nc2cc(C(=O)NC3CCC(N)CC3)ccn12. The molecule has 8 heteroatoms. The van der Waals surface area contributed by atoms with E-state index in [1.54, 1.807) is 22.7 Å². The monoisotopic (exact) mass is 489 g/mol. The number of anilines is 2. The Labute approximate surface area is 208 Å². The number of benzene rings is 2. The molecule has 1 amide bonds. The summed E-state index contributed by atoms with van der Waals surface area (Å²) in [6.07, 6.45) is 5.21. The molecule has 4 N–H and O–H groups in total. The number of amides is 1. The van der Waals surface area contributed by atoms with Gasteiger partial charge in [0.1, 0.15) is 28.8 Å². The minimum Gasteiger partial charge on any atom is -0.349 e. The molecule has 5 rings (SSSR count). The number of carbonyl (C=O) groups excluding carboxylic acids is 1. The smallest absolute Gasteiger partial charge is 0.251 e. The fourth-order valence-corrected chi connectivity index (χ4v) is 4.83. The molecule has 1 saturated carbocycles. The second-order valence-corrected chi connectivity index (χ2v) is 9.55. The van der Waals surface area contributed by atoms with Crippen molar-refractivity contribution >= 4 is 23.1 Å². The fourth-order valence-electron chi connectivity index (χ4n) is 4.83. The van der Waals surface area contributed by atoms with Crippen LogP contribution >= 0.6 is 0 Å². The number of nitrogens with one attached hydrogen (secondary N) is 2. The van der Waals surface area contributed by atoms with Crippen LogP contribution in [-0.4, -0.2) is 27.4 Å². The number of aromatic nitrogens is 2. The zero-order chi connectivity index (χ0) is 25.4. The fraction of sp³-hybridized carbons (Fsp3) is 0.286. The van der Waals surface area contributed by atoms with Gasteiger partial charge in [0.15, 0.2) is 0 Å². The Morgan fingerprint density at radius 2 is 1.75 bits per heavy atom. The number of pyridine rings is 1. The zero-order valence-electron chi connectivity index (χ0n) is 20.3. The van der Waals surface area contributed by atoms with Crippen LogP contribution in [0.4, 0.5) is 20.3 Å². The van der Waals surface area contributed by atoms with Crippen molar-refractivity contribution in [3.05, 3.63) is 83.1 Å². The van der Waals surface area contributed by atoms with Crippen LogP contribution in [0.1, 0.15) is 47.2 Å². The third kappa shape index (κ3) is 4.68. The third-order valence-corrected chi connectivity index (χ3v) is 6.90. The van der Waals surface area contributed by atoms with Gasteiger partial charge >= 0.3 is 0 Å². The first-order chi connectivity index (χ1) is 17.3. The highest BCUT2D eigenvalue weighted by Crippen LogP contribution is 2.35. The van der Waals surface area contributed by atoms with Gasteiger partial charge < -0.3 is 16.4 Å². The number of imidazole rings is 1. The van der Waals surface area contributed by atoms with Crippen molar-refractivity contribution in [2.24, 2.45) is 5.73 Å². The van der Waals surface area contributed by atoms with Gasteiger partial charge in [-0.1, -0.05) is 18.2 Å². The largest absolute Gasteiger partial charge is 0.349 e. The molecule has 1 aliphatic rings.